The molecule has 2 aliphatic rings. The van der Waals surface area contributed by atoms with Crippen molar-refractivity contribution in [2.24, 2.45) is 28.2 Å². The molecule has 5 aromatic heterocycles. The number of imidazole rings is 2. The van der Waals surface area contributed by atoms with E-state index < -0.39 is 0 Å². The molecule has 0 saturated carbocycles. The minimum absolute atomic E-state index is 0. The average molecular weight is 566 g/mol. The Bertz CT molecular complexity index is 1890. The van der Waals surface area contributed by atoms with Crippen molar-refractivity contribution in [2.45, 2.75) is 12.8 Å². The van der Waals surface area contributed by atoms with E-state index in [4.69, 9.17) is 19.9 Å². The molecule has 0 atom stereocenters. The number of nitrogens with zero attached hydrogens (tertiary/aromatic N) is 8. The van der Waals surface area contributed by atoms with Crippen molar-refractivity contribution in [3.63, 3.8) is 0 Å². The molecule has 0 aromatic carbocycles. The van der Waals surface area contributed by atoms with Gasteiger partial charge in [0.15, 0.2) is 0 Å². The van der Waals surface area contributed by atoms with Crippen LogP contribution in [-0.2, 0) is 60.5 Å². The fourth-order valence-corrected chi connectivity index (χ4v) is 5.57. The summed E-state index contributed by atoms with van der Waals surface area (Å²) in [5, 5.41) is 0. The first-order valence-electron chi connectivity index (χ1n) is 12.8. The third-order valence-corrected chi connectivity index (χ3v) is 7.36. The van der Waals surface area contributed by atoms with Crippen molar-refractivity contribution < 1.29 is 28.6 Å². The Morgan fingerprint density at radius 3 is 2.00 bits per heavy atom. The van der Waals surface area contributed by atoms with Gasteiger partial charge in [-0.15, -0.1) is 22.1 Å². The maximum absolute atomic E-state index is 5.11. The number of aromatic nitrogens is 8. The molecule has 0 spiro atoms. The molecule has 188 valence electrons. The smallest absolute Gasteiger partial charge is 0.657 e. The Morgan fingerprint density at radius 1 is 0.744 bits per heavy atom. The summed E-state index contributed by atoms with van der Waals surface area (Å²) in [6.07, 6.45) is 14.1. The summed E-state index contributed by atoms with van der Waals surface area (Å²) < 4.78 is 8.48. The monoisotopic (exact) mass is 564 g/mol. The molecule has 0 unspecified atom stereocenters. The Labute approximate surface area is 239 Å². The molecule has 7 rings (SSSR count). The Morgan fingerprint density at radius 2 is 1.36 bits per heavy atom. The van der Waals surface area contributed by atoms with Crippen molar-refractivity contribution in [1.82, 2.24) is 29.1 Å². The van der Waals surface area contributed by atoms with E-state index in [-0.39, 0.29) is 19.5 Å². The minimum atomic E-state index is 0. The summed E-state index contributed by atoms with van der Waals surface area (Å²) in [7, 11) is 8.23. The third kappa shape index (κ3) is 4.27. The normalized spacial score (nSPS) is 12.6. The Kier molecular flexibility index (Phi) is 6.19. The van der Waals surface area contributed by atoms with E-state index >= 15 is 0 Å². The van der Waals surface area contributed by atoms with Gasteiger partial charge in [-0.25, -0.2) is 23.3 Å². The van der Waals surface area contributed by atoms with Crippen molar-refractivity contribution in [3.8, 4) is 22.8 Å². The van der Waals surface area contributed by atoms with Crippen molar-refractivity contribution >= 4 is 34.2 Å². The van der Waals surface area contributed by atoms with E-state index in [2.05, 4.69) is 81.2 Å². The summed E-state index contributed by atoms with van der Waals surface area (Å²) in [6.45, 7) is 0. The van der Waals surface area contributed by atoms with Crippen LogP contribution in [0.15, 0.2) is 61.2 Å². The van der Waals surface area contributed by atoms with E-state index in [9.17, 15) is 0 Å². The number of aryl methyl sites for hydroxylation is 6. The van der Waals surface area contributed by atoms with Crippen molar-refractivity contribution in [2.75, 3.05) is 0 Å². The predicted octanol–water partition coefficient (Wildman–Crippen LogP) is 3.19. The largest absolute Gasteiger partial charge is 2.00 e. The van der Waals surface area contributed by atoms with Crippen molar-refractivity contribution in [1.29, 1.82) is 0 Å². The molecule has 0 fully saturated rings. The zero-order valence-corrected chi connectivity index (χ0v) is 25.6. The van der Waals surface area contributed by atoms with E-state index in [1.165, 1.54) is 0 Å². The van der Waals surface area contributed by atoms with E-state index in [1.54, 1.807) is 0 Å². The maximum atomic E-state index is 5.11. The van der Waals surface area contributed by atoms with Gasteiger partial charge in [0.1, 0.15) is 24.8 Å². The topological polar surface area (TPSA) is 71.6 Å². The zero-order chi connectivity index (χ0) is 26.0. The van der Waals surface area contributed by atoms with Gasteiger partial charge in [0, 0.05) is 5.69 Å². The summed E-state index contributed by atoms with van der Waals surface area (Å²) in [4.78, 5) is 20.2. The van der Waals surface area contributed by atoms with Gasteiger partial charge in [0.05, 0.1) is 56.4 Å². The first kappa shape index (κ1) is 25.2. The molecule has 2 aliphatic heterocycles. The minimum Gasteiger partial charge on any atom is -0.657 e. The molecule has 5 aromatic rings. The van der Waals surface area contributed by atoms with Crippen LogP contribution >= 0.6 is 0 Å². The first-order chi connectivity index (χ1) is 18.4. The Balaban J connectivity index is 0.00000277. The molecule has 0 radical (unpaired) electrons. The van der Waals surface area contributed by atoms with E-state index in [1.807, 2.05) is 38.6 Å². The SMILES string of the molecule is Cn1cc[n+](C)c1-c1c2nc(cc3ccc([n-]3)c(-c3n(C)cc[n+]3C)c3nc(cc4ccc1[n-]4)CC3)C=C2.[Zn+2]. The first-order valence-corrected chi connectivity index (χ1v) is 12.8. The zero-order valence-electron chi connectivity index (χ0n) is 22.6. The van der Waals surface area contributed by atoms with Gasteiger partial charge < -0.3 is 9.97 Å². The van der Waals surface area contributed by atoms with E-state index in [0.29, 0.717) is 0 Å². The molecule has 9 heteroatoms. The van der Waals surface area contributed by atoms with Gasteiger partial charge >= 0.3 is 19.5 Å². The molecule has 8 bridgehead atoms. The van der Waals surface area contributed by atoms with Crippen LogP contribution < -0.4 is 19.1 Å². The van der Waals surface area contributed by atoms with Gasteiger partial charge in [-0.1, -0.05) is 36.4 Å². The second-order valence-corrected chi connectivity index (χ2v) is 10.0. The Hall–Kier alpha value is -4.10. The van der Waals surface area contributed by atoms with Crippen LogP contribution in [0.1, 0.15) is 22.8 Å². The number of hydrogen-bond donors (Lipinski definition) is 0. The number of hydrogen-bond acceptors (Lipinski definition) is 2. The summed E-state index contributed by atoms with van der Waals surface area (Å²) in [5.74, 6) is 2.12. The number of fused-ring (bicyclic) bond motifs is 8. The standard InChI is InChI=1S/C30H28N8.Zn/c1-35-13-14-36(2)29(35)27-23-9-5-19(31-23)17-21-7-11-25(33-21)28(30-37(3)15-16-38(30)4)26-12-8-22(34-26)18-20-6-10-24(27)32-20;/h5-7,9-11,13-18H,8,12H2,1-4H3;/q;+2. The molecular formula is C30H28N8Zn+2. The second kappa shape index (κ2) is 9.58. The molecule has 0 aliphatic carbocycles. The van der Waals surface area contributed by atoms with Crippen LogP contribution in [0.4, 0.5) is 0 Å². The molecule has 8 nitrogen and oxygen atoms in total. The number of rotatable bonds is 2. The molecular weight excluding hydrogens is 538 g/mol. The average Bonchev–Trinajstić information content (AvgIpc) is 3.73. The fourth-order valence-electron chi connectivity index (χ4n) is 5.57. The third-order valence-electron chi connectivity index (χ3n) is 7.36. The van der Waals surface area contributed by atoms with Crippen LogP contribution in [-0.4, -0.2) is 19.1 Å². The molecule has 39 heavy (non-hydrogen) atoms. The quantitative estimate of drug-likeness (QED) is 0.239. The van der Waals surface area contributed by atoms with Gasteiger partial charge in [-0.3, -0.25) is 4.98 Å². The summed E-state index contributed by atoms with van der Waals surface area (Å²) >= 11 is 0. The van der Waals surface area contributed by atoms with Crippen molar-refractivity contribution in [3.05, 3.63) is 84.0 Å². The second-order valence-electron chi connectivity index (χ2n) is 10.0. The predicted molar refractivity (Wildman–Crippen MR) is 146 cm³/mol. The van der Waals surface area contributed by atoms with Gasteiger partial charge in [-0.2, -0.15) is 0 Å². The molecule has 0 saturated heterocycles. The van der Waals surface area contributed by atoms with Crippen LogP contribution in [0, 0.1) is 0 Å². The maximum Gasteiger partial charge on any atom is 2.00 e. The van der Waals surface area contributed by atoms with Gasteiger partial charge in [0.25, 0.3) is 11.6 Å². The van der Waals surface area contributed by atoms with Crippen LogP contribution in [0.25, 0.3) is 57.0 Å². The fraction of sp³-hybridized carbons (Fsp3) is 0.200. The van der Waals surface area contributed by atoms with Crippen LogP contribution in [0.2, 0.25) is 0 Å². The van der Waals surface area contributed by atoms with Crippen LogP contribution in [0.5, 0.6) is 0 Å². The molecule has 0 amide bonds. The molecule has 0 N–H and O–H groups in total. The summed E-state index contributed by atoms with van der Waals surface area (Å²) in [6, 6.07) is 12.4. The summed E-state index contributed by atoms with van der Waals surface area (Å²) in [5.41, 5.74) is 9.48. The van der Waals surface area contributed by atoms with Gasteiger partial charge in [0.2, 0.25) is 0 Å². The van der Waals surface area contributed by atoms with Gasteiger partial charge in [-0.05, 0) is 25.0 Å². The van der Waals surface area contributed by atoms with Crippen LogP contribution in [0.3, 0.4) is 0 Å². The van der Waals surface area contributed by atoms with E-state index in [0.717, 1.165) is 80.5 Å². The molecule has 7 heterocycles.